The van der Waals surface area contributed by atoms with Crippen LogP contribution in [0, 0.1) is 12.8 Å². The standard InChI is InChI=1S/C21H23.C18H17.2CH3.2ClH.H2Si.Zr/c1-14-12-19-15(2)6-11-18(20(19)13-14)16-7-9-17(10-8-16)21(3,4)5;1-13(2)16-11-15-9-6-10-17(18(15)12-16)14-7-4-3-5-8-14;;;;;;/h6-13H,1-5H3;3-13H,1-2H3;2*1H3;2*1H;1H2;. The van der Waals surface area contributed by atoms with Crippen LogP contribution in [0.1, 0.15) is 82.2 Å². The second-order valence-corrected chi connectivity index (χ2v) is 46.2. The van der Waals surface area contributed by atoms with Crippen LogP contribution in [-0.2, 0) is 22.8 Å². The van der Waals surface area contributed by atoms with Crippen molar-refractivity contribution >= 4 is 43.8 Å². The van der Waals surface area contributed by atoms with Crippen molar-refractivity contribution in [3.63, 3.8) is 0 Å². The first-order valence-corrected chi connectivity index (χ1v) is 29.7. The van der Waals surface area contributed by atoms with Crippen molar-refractivity contribution in [2.45, 2.75) is 70.4 Å². The summed E-state index contributed by atoms with van der Waals surface area (Å²) in [5, 5.41) is 0. The topological polar surface area (TPSA) is 0 Å². The predicted octanol–water partition coefficient (Wildman–Crippen LogP) is 12.1. The van der Waals surface area contributed by atoms with E-state index in [9.17, 15) is 0 Å². The number of allylic oxidation sites excluding steroid dienone is 2. The summed E-state index contributed by atoms with van der Waals surface area (Å²) in [5.41, 5.74) is 17.7. The van der Waals surface area contributed by atoms with E-state index in [0.717, 1.165) is 0 Å². The molecule has 236 valence electrons. The van der Waals surface area contributed by atoms with E-state index in [2.05, 4.69) is 162 Å². The number of hydrogen-bond donors (Lipinski definition) is 0. The molecule has 4 aromatic rings. The Morgan fingerprint density at radius 1 is 0.667 bits per heavy atom. The van der Waals surface area contributed by atoms with Gasteiger partial charge in [-0.2, -0.15) is 0 Å². The monoisotopic (exact) mass is 730 g/mol. The number of hydrogen-bond acceptors (Lipinski definition) is 0. The molecule has 2 aliphatic carbocycles. The van der Waals surface area contributed by atoms with Gasteiger partial charge in [-0.3, -0.25) is 0 Å². The van der Waals surface area contributed by atoms with Crippen molar-refractivity contribution in [2.24, 2.45) is 5.92 Å². The third-order valence-electron chi connectivity index (χ3n) is 10.4. The first kappa shape index (κ1) is 35.9. The molecule has 6 rings (SSSR count). The molecule has 4 heteroatoms. The first-order valence-electron chi connectivity index (χ1n) is 16.1. The molecule has 45 heavy (non-hydrogen) atoms. The molecule has 0 bridgehead atoms. The van der Waals surface area contributed by atoms with Crippen molar-refractivity contribution < 1.29 is 17.4 Å². The molecular formula is C41H50Cl2SiZr. The van der Waals surface area contributed by atoms with Gasteiger partial charge >= 0.3 is 264 Å². The molecule has 0 aliphatic heterocycles. The summed E-state index contributed by atoms with van der Waals surface area (Å²) in [4.78, 5) is 0. The van der Waals surface area contributed by atoms with Crippen LogP contribution in [0.4, 0.5) is 0 Å². The van der Waals surface area contributed by atoms with Gasteiger partial charge in [-0.1, -0.05) is 0 Å². The van der Waals surface area contributed by atoms with Crippen LogP contribution in [0.25, 0.3) is 34.4 Å². The van der Waals surface area contributed by atoms with Crippen LogP contribution >= 0.6 is 24.8 Å². The van der Waals surface area contributed by atoms with Crippen molar-refractivity contribution in [3.8, 4) is 22.3 Å². The summed E-state index contributed by atoms with van der Waals surface area (Å²) in [6.45, 7) is 19.0. The average Bonchev–Trinajstić information content (AvgIpc) is 3.53. The van der Waals surface area contributed by atoms with Crippen LogP contribution < -0.4 is 0 Å². The van der Waals surface area contributed by atoms with E-state index >= 15 is 0 Å². The minimum absolute atomic E-state index is 0. The SMILES string of the molecule is CC1=Cc2c(-c3ccc(C(C)(C)C)cc3)ccc(C)c2[CH]1[Zr]([CH3])([CH3])(=[SiH2])[CH]1C(C(C)C)=Cc2c(-c3ccccc3)cccc21.Cl.Cl. The fourth-order valence-electron chi connectivity index (χ4n) is 8.47. The van der Waals surface area contributed by atoms with E-state index in [-0.39, 0.29) is 30.2 Å². The zero-order valence-electron chi connectivity index (χ0n) is 28.5. The number of aryl methyl sites for hydroxylation is 1. The van der Waals surface area contributed by atoms with E-state index in [1.807, 2.05) is 0 Å². The number of fused-ring (bicyclic) bond motifs is 2. The number of rotatable bonds is 5. The Hall–Kier alpha value is -1.96. The van der Waals surface area contributed by atoms with Crippen LogP contribution in [0.15, 0.2) is 96.1 Å². The smallest absolute Gasteiger partial charge is 0.147 e. The van der Waals surface area contributed by atoms with Gasteiger partial charge in [0.2, 0.25) is 0 Å². The molecule has 2 unspecified atom stereocenters. The van der Waals surface area contributed by atoms with Gasteiger partial charge in [-0.25, -0.2) is 0 Å². The summed E-state index contributed by atoms with van der Waals surface area (Å²) in [6, 6.07) is 32.2. The molecule has 0 saturated heterocycles. The maximum atomic E-state index is 2.77. The van der Waals surface area contributed by atoms with Gasteiger partial charge in [0.05, 0.1) is 0 Å². The molecule has 0 fully saturated rings. The van der Waals surface area contributed by atoms with Gasteiger partial charge in [0.15, 0.2) is 0 Å². The van der Waals surface area contributed by atoms with Gasteiger partial charge in [0, 0.05) is 0 Å². The second-order valence-electron chi connectivity index (χ2n) is 15.7. The zero-order valence-corrected chi connectivity index (χ0v) is 34.0. The Bertz CT molecular complexity index is 1870. The minimum Gasteiger partial charge on any atom is -0.147 e. The van der Waals surface area contributed by atoms with Gasteiger partial charge in [0.1, 0.15) is 0 Å². The van der Waals surface area contributed by atoms with E-state index < -0.39 is 17.4 Å². The summed E-state index contributed by atoms with van der Waals surface area (Å²) >= 11 is -3.67. The minimum atomic E-state index is -3.67. The molecule has 0 nitrogen and oxygen atoms in total. The fraction of sp³-hybridized carbons (Fsp3) is 0.317. The summed E-state index contributed by atoms with van der Waals surface area (Å²) in [5.74, 6) is 0.512. The Labute approximate surface area is 287 Å². The van der Waals surface area contributed by atoms with E-state index in [1.165, 1.54) is 44.5 Å². The second kappa shape index (κ2) is 12.6. The van der Waals surface area contributed by atoms with Crippen molar-refractivity contribution in [1.82, 2.24) is 0 Å². The Morgan fingerprint density at radius 3 is 1.87 bits per heavy atom. The average molecular weight is 733 g/mol. The molecule has 2 aliphatic rings. The summed E-state index contributed by atoms with van der Waals surface area (Å²) < 4.78 is 6.58. The largest absolute Gasteiger partial charge is 0.147 e. The molecule has 0 aromatic heterocycles. The predicted molar refractivity (Wildman–Crippen MR) is 204 cm³/mol. The van der Waals surface area contributed by atoms with Crippen LogP contribution in [0.3, 0.4) is 0 Å². The van der Waals surface area contributed by atoms with Gasteiger partial charge in [0.25, 0.3) is 0 Å². The molecule has 2 atom stereocenters. The summed E-state index contributed by atoms with van der Waals surface area (Å²) in [6.07, 6.45) is 5.15. The molecule has 0 heterocycles. The van der Waals surface area contributed by atoms with Crippen molar-refractivity contribution in [3.05, 3.63) is 129 Å². The molecule has 0 N–H and O–H groups in total. The third-order valence-corrected chi connectivity index (χ3v) is 28.0. The molecule has 4 aromatic carbocycles. The molecule has 0 spiro atoms. The van der Waals surface area contributed by atoms with Gasteiger partial charge in [-0.05, 0) is 0 Å². The quantitative estimate of drug-likeness (QED) is 0.179. The molecule has 0 saturated carbocycles. The normalized spacial score (nSPS) is 17.6. The summed E-state index contributed by atoms with van der Waals surface area (Å²) in [7, 11) is 0. The van der Waals surface area contributed by atoms with Crippen molar-refractivity contribution in [1.29, 1.82) is 0 Å². The fourth-order valence-corrected chi connectivity index (χ4v) is 29.1. The molecular weight excluding hydrogens is 683 g/mol. The maximum absolute atomic E-state index is 3.67. The van der Waals surface area contributed by atoms with E-state index in [4.69, 9.17) is 0 Å². The van der Waals surface area contributed by atoms with E-state index in [0.29, 0.717) is 13.2 Å². The van der Waals surface area contributed by atoms with Crippen LogP contribution in [0.2, 0.25) is 9.26 Å². The Kier molecular flexibility index (Phi) is 10.0. The van der Waals surface area contributed by atoms with Gasteiger partial charge < -0.3 is 0 Å². The Balaban J connectivity index is 0.00000230. The molecule has 0 amide bonds. The zero-order chi connectivity index (χ0) is 30.9. The first-order chi connectivity index (χ1) is 20.2. The van der Waals surface area contributed by atoms with Crippen molar-refractivity contribution in [2.75, 3.05) is 0 Å². The van der Waals surface area contributed by atoms with Crippen LogP contribution in [-0.4, -0.2) is 6.88 Å². The number of benzene rings is 4. The Morgan fingerprint density at radius 2 is 1.27 bits per heavy atom. The van der Waals surface area contributed by atoms with Gasteiger partial charge in [-0.15, -0.1) is 24.8 Å². The number of halogens is 2. The third kappa shape index (κ3) is 6.11. The maximum Gasteiger partial charge on any atom is -0.147 e. The van der Waals surface area contributed by atoms with Crippen LogP contribution in [0.5, 0.6) is 0 Å². The molecule has 0 radical (unpaired) electrons. The van der Waals surface area contributed by atoms with E-state index in [1.54, 1.807) is 22.3 Å².